The van der Waals surface area contributed by atoms with Gasteiger partial charge in [0, 0.05) is 35.9 Å². The number of rotatable bonds is 5. The van der Waals surface area contributed by atoms with Crippen LogP contribution < -0.4 is 5.32 Å². The van der Waals surface area contributed by atoms with Gasteiger partial charge in [-0.2, -0.15) is 5.10 Å². The third kappa shape index (κ3) is 2.56. The van der Waals surface area contributed by atoms with E-state index in [1.54, 1.807) is 0 Å². The van der Waals surface area contributed by atoms with Crippen molar-refractivity contribution in [2.75, 3.05) is 6.54 Å². The van der Waals surface area contributed by atoms with Gasteiger partial charge < -0.3 is 5.32 Å². The molecule has 3 aromatic rings. The van der Waals surface area contributed by atoms with Gasteiger partial charge in [-0.3, -0.25) is 4.98 Å². The monoisotopic (exact) mass is 266 g/mol. The van der Waals surface area contributed by atoms with Crippen molar-refractivity contribution in [3.8, 4) is 5.69 Å². The lowest BCUT2D eigenvalue weighted by atomic mass is 10.1. The molecule has 0 aliphatic carbocycles. The van der Waals surface area contributed by atoms with Gasteiger partial charge in [-0.05, 0) is 31.2 Å². The standard InChI is InChI=1S/C16H18N4/c1-2-8-17-12-14-7-10-20(19-14)16-5-3-4-13-11-18-9-6-15(13)16/h3-7,9-11,17H,2,8,12H2,1H3. The summed E-state index contributed by atoms with van der Waals surface area (Å²) in [6.07, 6.45) is 6.85. The lowest BCUT2D eigenvalue weighted by molar-refractivity contribution is 0.657. The van der Waals surface area contributed by atoms with Crippen molar-refractivity contribution in [2.45, 2.75) is 19.9 Å². The minimum Gasteiger partial charge on any atom is -0.311 e. The molecule has 0 radical (unpaired) electrons. The van der Waals surface area contributed by atoms with Gasteiger partial charge in [0.25, 0.3) is 0 Å². The molecule has 102 valence electrons. The summed E-state index contributed by atoms with van der Waals surface area (Å²) in [5, 5.41) is 10.3. The van der Waals surface area contributed by atoms with Crippen LogP contribution in [-0.2, 0) is 6.54 Å². The van der Waals surface area contributed by atoms with Crippen LogP contribution in [0.1, 0.15) is 19.0 Å². The highest BCUT2D eigenvalue weighted by atomic mass is 15.3. The van der Waals surface area contributed by atoms with Crippen LogP contribution in [0.4, 0.5) is 0 Å². The van der Waals surface area contributed by atoms with E-state index in [1.165, 1.54) is 5.39 Å². The molecule has 20 heavy (non-hydrogen) atoms. The molecule has 0 aliphatic rings. The Kier molecular flexibility index (Phi) is 3.74. The molecule has 2 heterocycles. The second kappa shape index (κ2) is 5.84. The van der Waals surface area contributed by atoms with E-state index in [1.807, 2.05) is 35.4 Å². The number of hydrogen-bond acceptors (Lipinski definition) is 3. The van der Waals surface area contributed by atoms with E-state index >= 15 is 0 Å². The molecule has 4 heteroatoms. The summed E-state index contributed by atoms with van der Waals surface area (Å²) in [6, 6.07) is 10.3. The average Bonchev–Trinajstić information content (AvgIpc) is 2.96. The van der Waals surface area contributed by atoms with Crippen LogP contribution in [0, 0.1) is 0 Å². The Morgan fingerprint density at radius 1 is 1.20 bits per heavy atom. The van der Waals surface area contributed by atoms with E-state index in [-0.39, 0.29) is 0 Å². The molecule has 0 fully saturated rings. The highest BCUT2D eigenvalue weighted by Crippen LogP contribution is 2.20. The summed E-state index contributed by atoms with van der Waals surface area (Å²) in [7, 11) is 0. The van der Waals surface area contributed by atoms with Gasteiger partial charge in [0.2, 0.25) is 0 Å². The van der Waals surface area contributed by atoms with Crippen LogP contribution in [0.15, 0.2) is 48.9 Å². The Hall–Kier alpha value is -2.20. The van der Waals surface area contributed by atoms with E-state index in [4.69, 9.17) is 0 Å². The molecule has 4 nitrogen and oxygen atoms in total. The van der Waals surface area contributed by atoms with Gasteiger partial charge in [0.05, 0.1) is 11.4 Å². The maximum atomic E-state index is 4.64. The van der Waals surface area contributed by atoms with Gasteiger partial charge in [0.1, 0.15) is 0 Å². The molecule has 2 aromatic heterocycles. The van der Waals surface area contributed by atoms with E-state index in [0.29, 0.717) is 0 Å². The molecule has 1 N–H and O–H groups in total. The highest BCUT2D eigenvalue weighted by molar-refractivity contribution is 5.89. The number of pyridine rings is 1. The zero-order valence-electron chi connectivity index (χ0n) is 11.6. The number of fused-ring (bicyclic) bond motifs is 1. The fraction of sp³-hybridized carbons (Fsp3) is 0.250. The molecular weight excluding hydrogens is 248 g/mol. The molecule has 0 saturated carbocycles. The predicted molar refractivity (Wildman–Crippen MR) is 80.9 cm³/mol. The zero-order chi connectivity index (χ0) is 13.8. The van der Waals surface area contributed by atoms with Gasteiger partial charge in [-0.15, -0.1) is 0 Å². The first-order valence-corrected chi connectivity index (χ1v) is 6.97. The number of hydrogen-bond donors (Lipinski definition) is 1. The normalized spacial score (nSPS) is 11.1. The van der Waals surface area contributed by atoms with E-state index in [9.17, 15) is 0 Å². The molecule has 0 aliphatic heterocycles. The lowest BCUT2D eigenvalue weighted by Crippen LogP contribution is -2.14. The fourth-order valence-electron chi connectivity index (χ4n) is 2.29. The number of aromatic nitrogens is 3. The van der Waals surface area contributed by atoms with E-state index in [0.717, 1.165) is 36.3 Å². The fourth-order valence-corrected chi connectivity index (χ4v) is 2.29. The number of benzene rings is 1. The molecule has 0 unspecified atom stereocenters. The summed E-state index contributed by atoms with van der Waals surface area (Å²) in [5.74, 6) is 0. The third-order valence-corrected chi connectivity index (χ3v) is 3.28. The molecule has 0 atom stereocenters. The van der Waals surface area contributed by atoms with Crippen LogP contribution >= 0.6 is 0 Å². The van der Waals surface area contributed by atoms with Crippen molar-refractivity contribution < 1.29 is 0 Å². The minimum atomic E-state index is 0.813. The first-order chi connectivity index (χ1) is 9.88. The maximum absolute atomic E-state index is 4.64. The van der Waals surface area contributed by atoms with Crippen molar-refractivity contribution >= 4 is 10.8 Å². The smallest absolute Gasteiger partial charge is 0.0766 e. The summed E-state index contributed by atoms with van der Waals surface area (Å²) >= 11 is 0. The topological polar surface area (TPSA) is 42.7 Å². The summed E-state index contributed by atoms with van der Waals surface area (Å²) in [6.45, 7) is 4.00. The van der Waals surface area contributed by atoms with Gasteiger partial charge >= 0.3 is 0 Å². The second-order valence-corrected chi connectivity index (χ2v) is 4.80. The number of nitrogens with zero attached hydrogens (tertiary/aromatic N) is 3. The Labute approximate surface area is 118 Å². The highest BCUT2D eigenvalue weighted by Gasteiger charge is 2.05. The van der Waals surface area contributed by atoms with Crippen LogP contribution in [0.25, 0.3) is 16.5 Å². The Balaban J connectivity index is 1.91. The van der Waals surface area contributed by atoms with Crippen LogP contribution in [-0.4, -0.2) is 21.3 Å². The second-order valence-electron chi connectivity index (χ2n) is 4.80. The van der Waals surface area contributed by atoms with Crippen molar-refractivity contribution in [1.29, 1.82) is 0 Å². The Morgan fingerprint density at radius 3 is 3.05 bits per heavy atom. The largest absolute Gasteiger partial charge is 0.311 e. The van der Waals surface area contributed by atoms with Crippen molar-refractivity contribution in [3.05, 3.63) is 54.6 Å². The molecule has 0 spiro atoms. The van der Waals surface area contributed by atoms with E-state index < -0.39 is 0 Å². The maximum Gasteiger partial charge on any atom is 0.0766 e. The minimum absolute atomic E-state index is 0.813. The Bertz CT molecular complexity index is 697. The first kappa shape index (κ1) is 12.8. The van der Waals surface area contributed by atoms with Gasteiger partial charge in [-0.25, -0.2) is 4.68 Å². The van der Waals surface area contributed by atoms with E-state index in [2.05, 4.69) is 40.5 Å². The van der Waals surface area contributed by atoms with Gasteiger partial charge in [-0.1, -0.05) is 19.1 Å². The molecule has 0 saturated heterocycles. The average molecular weight is 266 g/mol. The molecular formula is C16H18N4. The van der Waals surface area contributed by atoms with Crippen LogP contribution in [0.5, 0.6) is 0 Å². The van der Waals surface area contributed by atoms with Crippen molar-refractivity contribution in [1.82, 2.24) is 20.1 Å². The third-order valence-electron chi connectivity index (χ3n) is 3.28. The quantitative estimate of drug-likeness (QED) is 0.722. The molecule has 3 rings (SSSR count). The number of nitrogens with one attached hydrogen (secondary N) is 1. The summed E-state index contributed by atoms with van der Waals surface area (Å²) < 4.78 is 1.94. The zero-order valence-corrected chi connectivity index (χ0v) is 11.6. The molecule has 0 bridgehead atoms. The predicted octanol–water partition coefficient (Wildman–Crippen LogP) is 2.92. The van der Waals surface area contributed by atoms with Crippen molar-refractivity contribution in [2.24, 2.45) is 0 Å². The molecule has 0 amide bonds. The van der Waals surface area contributed by atoms with Crippen molar-refractivity contribution in [3.63, 3.8) is 0 Å². The van der Waals surface area contributed by atoms with Gasteiger partial charge in [0.15, 0.2) is 0 Å². The summed E-state index contributed by atoms with van der Waals surface area (Å²) in [4.78, 5) is 4.16. The summed E-state index contributed by atoms with van der Waals surface area (Å²) in [5.41, 5.74) is 2.15. The lowest BCUT2D eigenvalue weighted by Gasteiger charge is -2.06. The Morgan fingerprint density at radius 2 is 2.15 bits per heavy atom. The molecule has 1 aromatic carbocycles. The van der Waals surface area contributed by atoms with Crippen LogP contribution in [0.2, 0.25) is 0 Å². The SMILES string of the molecule is CCCNCc1ccn(-c2cccc3cnccc23)n1. The van der Waals surface area contributed by atoms with Crippen LogP contribution in [0.3, 0.4) is 0 Å². The first-order valence-electron chi connectivity index (χ1n) is 6.97.